The third-order valence-corrected chi connectivity index (χ3v) is 2.42. The summed E-state index contributed by atoms with van der Waals surface area (Å²) in [5.41, 5.74) is 0.915. The Hall–Kier alpha value is -2.05. The second kappa shape index (κ2) is 7.31. The van der Waals surface area contributed by atoms with Crippen molar-refractivity contribution in [1.29, 1.82) is 0 Å². The first kappa shape index (κ1) is 14.0. The Balaban J connectivity index is 2.25. The van der Waals surface area contributed by atoms with Crippen LogP contribution >= 0.6 is 0 Å². The molecule has 1 aromatic rings. The molecule has 0 bridgehead atoms. The maximum absolute atomic E-state index is 11.4. The summed E-state index contributed by atoms with van der Waals surface area (Å²) in [5, 5.41) is 13.9. The zero-order valence-corrected chi connectivity index (χ0v) is 10.3. The summed E-state index contributed by atoms with van der Waals surface area (Å²) in [7, 11) is 0. The SMILES string of the molecule is CCC[C@@H](NC(=O)NCCc1cnc[nH]1)C(=O)O. The van der Waals surface area contributed by atoms with Crippen molar-refractivity contribution in [1.82, 2.24) is 20.6 Å². The van der Waals surface area contributed by atoms with Gasteiger partial charge in [0.2, 0.25) is 0 Å². The van der Waals surface area contributed by atoms with E-state index in [0.717, 1.165) is 5.69 Å². The highest BCUT2D eigenvalue weighted by molar-refractivity contribution is 5.82. The van der Waals surface area contributed by atoms with E-state index in [4.69, 9.17) is 5.11 Å². The van der Waals surface area contributed by atoms with Crippen LogP contribution in [0.4, 0.5) is 4.79 Å². The van der Waals surface area contributed by atoms with E-state index in [-0.39, 0.29) is 0 Å². The fraction of sp³-hybridized carbons (Fsp3) is 0.545. The number of carbonyl (C=O) groups excluding carboxylic acids is 1. The molecule has 2 amide bonds. The maximum Gasteiger partial charge on any atom is 0.326 e. The molecule has 4 N–H and O–H groups in total. The van der Waals surface area contributed by atoms with Crippen molar-refractivity contribution in [3.05, 3.63) is 18.2 Å². The smallest absolute Gasteiger partial charge is 0.326 e. The monoisotopic (exact) mass is 254 g/mol. The molecule has 1 heterocycles. The van der Waals surface area contributed by atoms with E-state index in [1.165, 1.54) is 0 Å². The Labute approximate surface area is 105 Å². The number of carboxylic acid groups (broad SMARTS) is 1. The topological polar surface area (TPSA) is 107 Å². The molecule has 0 aliphatic carbocycles. The molecule has 0 radical (unpaired) electrons. The Morgan fingerprint density at radius 3 is 2.89 bits per heavy atom. The molecule has 0 aromatic carbocycles. The molecule has 0 spiro atoms. The van der Waals surface area contributed by atoms with Gasteiger partial charge in [-0.2, -0.15) is 0 Å². The number of hydrogen-bond acceptors (Lipinski definition) is 3. The summed E-state index contributed by atoms with van der Waals surface area (Å²) in [4.78, 5) is 29.0. The maximum atomic E-state index is 11.4. The highest BCUT2D eigenvalue weighted by Gasteiger charge is 2.18. The molecule has 18 heavy (non-hydrogen) atoms. The Kier molecular flexibility index (Phi) is 5.69. The van der Waals surface area contributed by atoms with E-state index in [9.17, 15) is 9.59 Å². The van der Waals surface area contributed by atoms with Crippen LogP contribution in [0.5, 0.6) is 0 Å². The van der Waals surface area contributed by atoms with Gasteiger partial charge in [0.25, 0.3) is 0 Å². The summed E-state index contributed by atoms with van der Waals surface area (Å²) in [5.74, 6) is -1.01. The minimum Gasteiger partial charge on any atom is -0.480 e. The number of hydrogen-bond donors (Lipinski definition) is 4. The Morgan fingerprint density at radius 2 is 2.33 bits per heavy atom. The number of nitrogens with zero attached hydrogens (tertiary/aromatic N) is 1. The molecule has 0 unspecified atom stereocenters. The minimum atomic E-state index is -1.01. The summed E-state index contributed by atoms with van der Waals surface area (Å²) in [6, 6.07) is -1.29. The van der Waals surface area contributed by atoms with E-state index < -0.39 is 18.0 Å². The predicted octanol–water partition coefficient (Wildman–Crippen LogP) is 0.505. The van der Waals surface area contributed by atoms with Crippen molar-refractivity contribution in [3.8, 4) is 0 Å². The number of nitrogens with one attached hydrogen (secondary N) is 3. The summed E-state index contributed by atoms with van der Waals surface area (Å²) in [6.07, 6.45) is 4.99. The lowest BCUT2D eigenvalue weighted by Crippen LogP contribution is -2.46. The Bertz CT molecular complexity index is 378. The average Bonchev–Trinajstić information content (AvgIpc) is 2.81. The van der Waals surface area contributed by atoms with Crippen molar-refractivity contribution >= 4 is 12.0 Å². The third-order valence-electron chi connectivity index (χ3n) is 2.42. The van der Waals surface area contributed by atoms with E-state index in [0.29, 0.717) is 25.8 Å². The van der Waals surface area contributed by atoms with Crippen LogP contribution in [-0.2, 0) is 11.2 Å². The molecule has 100 valence electrons. The van der Waals surface area contributed by atoms with Gasteiger partial charge in [0.05, 0.1) is 6.33 Å². The van der Waals surface area contributed by atoms with E-state index in [1.54, 1.807) is 12.5 Å². The van der Waals surface area contributed by atoms with Crippen LogP contribution in [0.15, 0.2) is 12.5 Å². The van der Waals surface area contributed by atoms with Gasteiger partial charge in [-0.25, -0.2) is 14.6 Å². The fourth-order valence-corrected chi connectivity index (χ4v) is 1.49. The molecule has 0 fully saturated rings. The van der Waals surface area contributed by atoms with Gasteiger partial charge in [0, 0.05) is 24.9 Å². The highest BCUT2D eigenvalue weighted by Crippen LogP contribution is 1.96. The number of rotatable bonds is 7. The van der Waals surface area contributed by atoms with Gasteiger partial charge < -0.3 is 20.7 Å². The van der Waals surface area contributed by atoms with Gasteiger partial charge in [-0.05, 0) is 6.42 Å². The van der Waals surface area contributed by atoms with Crippen LogP contribution in [0, 0.1) is 0 Å². The normalized spacial score (nSPS) is 11.8. The lowest BCUT2D eigenvalue weighted by molar-refractivity contribution is -0.139. The van der Waals surface area contributed by atoms with Crippen molar-refractivity contribution in [2.45, 2.75) is 32.2 Å². The van der Waals surface area contributed by atoms with Crippen LogP contribution in [0.1, 0.15) is 25.5 Å². The zero-order chi connectivity index (χ0) is 13.4. The third kappa shape index (κ3) is 4.86. The molecule has 1 rings (SSSR count). The van der Waals surface area contributed by atoms with Crippen molar-refractivity contribution in [2.75, 3.05) is 6.54 Å². The number of urea groups is 1. The van der Waals surface area contributed by atoms with E-state index in [1.807, 2.05) is 6.92 Å². The highest BCUT2D eigenvalue weighted by atomic mass is 16.4. The summed E-state index contributed by atoms with van der Waals surface area (Å²) < 4.78 is 0. The van der Waals surface area contributed by atoms with Gasteiger partial charge in [-0.1, -0.05) is 13.3 Å². The van der Waals surface area contributed by atoms with Crippen LogP contribution in [-0.4, -0.2) is 39.7 Å². The molecular formula is C11H18N4O3. The molecule has 0 aliphatic heterocycles. The molecule has 0 saturated carbocycles. The minimum absolute atomic E-state index is 0.420. The summed E-state index contributed by atoms with van der Waals surface area (Å²) >= 11 is 0. The molecule has 0 saturated heterocycles. The predicted molar refractivity (Wildman–Crippen MR) is 65.2 cm³/mol. The van der Waals surface area contributed by atoms with Gasteiger partial charge in [-0.15, -0.1) is 0 Å². The van der Waals surface area contributed by atoms with Crippen LogP contribution in [0.25, 0.3) is 0 Å². The van der Waals surface area contributed by atoms with Crippen LogP contribution < -0.4 is 10.6 Å². The number of aliphatic carboxylic acids is 1. The summed E-state index contributed by atoms with van der Waals surface area (Å²) in [6.45, 7) is 2.29. The molecule has 1 aromatic heterocycles. The van der Waals surface area contributed by atoms with Gasteiger partial charge in [0.1, 0.15) is 6.04 Å². The number of aromatic nitrogens is 2. The van der Waals surface area contributed by atoms with Gasteiger partial charge in [0.15, 0.2) is 0 Å². The molecule has 1 atom stereocenters. The lowest BCUT2D eigenvalue weighted by Gasteiger charge is -2.14. The number of aromatic amines is 1. The van der Waals surface area contributed by atoms with Gasteiger partial charge >= 0.3 is 12.0 Å². The van der Waals surface area contributed by atoms with Crippen LogP contribution in [0.2, 0.25) is 0 Å². The first-order chi connectivity index (χ1) is 8.63. The lowest BCUT2D eigenvalue weighted by atomic mass is 10.2. The fourth-order valence-electron chi connectivity index (χ4n) is 1.49. The molecule has 0 aliphatic rings. The number of H-pyrrole nitrogens is 1. The second-order valence-corrected chi connectivity index (χ2v) is 3.91. The molecule has 7 nitrogen and oxygen atoms in total. The van der Waals surface area contributed by atoms with E-state index in [2.05, 4.69) is 20.6 Å². The van der Waals surface area contributed by atoms with E-state index >= 15 is 0 Å². The standard InChI is InChI=1S/C11H18N4O3/c1-2-3-9(10(16)17)15-11(18)13-5-4-8-6-12-7-14-8/h6-7,9H,2-5H2,1H3,(H,12,14)(H,16,17)(H2,13,15,18)/t9-/m1/s1. The number of carboxylic acids is 1. The average molecular weight is 254 g/mol. The number of amides is 2. The largest absolute Gasteiger partial charge is 0.480 e. The van der Waals surface area contributed by atoms with Gasteiger partial charge in [-0.3, -0.25) is 0 Å². The Morgan fingerprint density at radius 1 is 1.56 bits per heavy atom. The van der Waals surface area contributed by atoms with Crippen LogP contribution in [0.3, 0.4) is 0 Å². The van der Waals surface area contributed by atoms with Crippen molar-refractivity contribution in [2.24, 2.45) is 0 Å². The quantitative estimate of drug-likeness (QED) is 0.568. The van der Waals surface area contributed by atoms with Crippen molar-refractivity contribution < 1.29 is 14.7 Å². The number of imidazole rings is 1. The zero-order valence-electron chi connectivity index (χ0n) is 10.3. The molecular weight excluding hydrogens is 236 g/mol. The second-order valence-electron chi connectivity index (χ2n) is 3.91. The van der Waals surface area contributed by atoms with Crippen molar-refractivity contribution in [3.63, 3.8) is 0 Å². The number of carbonyl (C=O) groups is 2. The first-order valence-electron chi connectivity index (χ1n) is 5.88. The first-order valence-corrected chi connectivity index (χ1v) is 5.88. The molecule has 7 heteroatoms.